The molecule has 3 nitrogen and oxygen atoms in total. The number of hydrogen-bond donors (Lipinski definition) is 1. The molecule has 1 saturated heterocycles. The van der Waals surface area contributed by atoms with Crippen LogP contribution >= 0.6 is 0 Å². The predicted octanol–water partition coefficient (Wildman–Crippen LogP) is 2.12. The molecule has 0 radical (unpaired) electrons. The van der Waals surface area contributed by atoms with Gasteiger partial charge >= 0.3 is 5.97 Å². The first-order valence-corrected chi connectivity index (χ1v) is 5.86. The van der Waals surface area contributed by atoms with Gasteiger partial charge in [0.2, 0.25) is 0 Å². The Balaban J connectivity index is 2.05. The highest BCUT2D eigenvalue weighted by atomic mass is 19.1. The lowest BCUT2D eigenvalue weighted by Gasteiger charge is -2.15. The van der Waals surface area contributed by atoms with Crippen molar-refractivity contribution in [3.05, 3.63) is 35.4 Å². The van der Waals surface area contributed by atoms with Crippen molar-refractivity contribution >= 4 is 5.97 Å². The predicted molar refractivity (Wildman–Crippen MR) is 61.9 cm³/mol. The zero-order valence-electron chi connectivity index (χ0n) is 10.1. The van der Waals surface area contributed by atoms with Gasteiger partial charge in [-0.2, -0.15) is 0 Å². The van der Waals surface area contributed by atoms with Crippen LogP contribution in [0.3, 0.4) is 0 Å². The van der Waals surface area contributed by atoms with Crippen LogP contribution in [0.15, 0.2) is 18.2 Å². The van der Waals surface area contributed by atoms with Crippen molar-refractivity contribution < 1.29 is 18.7 Å². The largest absolute Gasteiger partial charge is 0.481 e. The Bertz CT molecular complexity index is 464. The summed E-state index contributed by atoms with van der Waals surface area (Å²) in [6, 6.07) is 3.47. The molecule has 1 aliphatic heterocycles. The van der Waals surface area contributed by atoms with Gasteiger partial charge in [0.15, 0.2) is 0 Å². The molecule has 1 fully saturated rings. The van der Waals surface area contributed by atoms with Gasteiger partial charge in [-0.15, -0.1) is 0 Å². The van der Waals surface area contributed by atoms with Crippen LogP contribution in [-0.4, -0.2) is 29.1 Å². The first-order valence-electron chi connectivity index (χ1n) is 5.86. The van der Waals surface area contributed by atoms with Crippen LogP contribution in [-0.2, 0) is 11.3 Å². The smallest absolute Gasteiger partial charge is 0.308 e. The van der Waals surface area contributed by atoms with E-state index in [1.807, 2.05) is 11.8 Å². The van der Waals surface area contributed by atoms with Gasteiger partial charge in [0, 0.05) is 31.3 Å². The Morgan fingerprint density at radius 1 is 1.44 bits per heavy atom. The van der Waals surface area contributed by atoms with Gasteiger partial charge in [0.1, 0.15) is 11.6 Å². The Morgan fingerprint density at radius 2 is 2.17 bits per heavy atom. The van der Waals surface area contributed by atoms with E-state index in [4.69, 9.17) is 5.11 Å². The zero-order valence-corrected chi connectivity index (χ0v) is 10.1. The fourth-order valence-electron chi connectivity index (χ4n) is 2.41. The van der Waals surface area contributed by atoms with E-state index in [1.165, 1.54) is 12.1 Å². The molecule has 0 bridgehead atoms. The fraction of sp³-hybridized carbons (Fsp3) is 0.462. The molecular formula is C13H15F2NO2. The molecule has 2 rings (SSSR count). The lowest BCUT2D eigenvalue weighted by Crippen LogP contribution is -2.23. The Morgan fingerprint density at radius 3 is 2.72 bits per heavy atom. The quantitative estimate of drug-likeness (QED) is 0.899. The summed E-state index contributed by atoms with van der Waals surface area (Å²) in [5.74, 6) is -2.36. The van der Waals surface area contributed by atoms with E-state index in [0.29, 0.717) is 25.2 Å². The molecule has 0 aromatic heterocycles. The minimum Gasteiger partial charge on any atom is -0.481 e. The number of benzene rings is 1. The van der Waals surface area contributed by atoms with Gasteiger partial charge in [-0.1, -0.05) is 13.0 Å². The highest BCUT2D eigenvalue weighted by Crippen LogP contribution is 2.25. The van der Waals surface area contributed by atoms with E-state index in [2.05, 4.69) is 0 Å². The number of nitrogens with zero attached hydrogens (tertiary/aromatic N) is 1. The molecule has 0 unspecified atom stereocenters. The van der Waals surface area contributed by atoms with Gasteiger partial charge in [0.05, 0.1) is 5.92 Å². The average Bonchev–Trinajstić information content (AvgIpc) is 2.64. The van der Waals surface area contributed by atoms with E-state index >= 15 is 0 Å². The van der Waals surface area contributed by atoms with Crippen LogP contribution in [0.1, 0.15) is 12.5 Å². The molecule has 2 atom stereocenters. The lowest BCUT2D eigenvalue weighted by atomic mass is 9.99. The summed E-state index contributed by atoms with van der Waals surface area (Å²) in [5, 5.41) is 9.01. The van der Waals surface area contributed by atoms with Crippen LogP contribution in [0.5, 0.6) is 0 Å². The molecule has 1 aliphatic rings. The van der Waals surface area contributed by atoms with Crippen LogP contribution < -0.4 is 0 Å². The van der Waals surface area contributed by atoms with E-state index in [0.717, 1.165) is 6.07 Å². The highest BCUT2D eigenvalue weighted by molar-refractivity contribution is 5.71. The molecule has 1 aromatic carbocycles. The molecule has 0 saturated carbocycles. The second kappa shape index (κ2) is 5.02. The van der Waals surface area contributed by atoms with Crippen molar-refractivity contribution in [1.82, 2.24) is 4.90 Å². The molecule has 1 N–H and O–H groups in total. The summed E-state index contributed by atoms with van der Waals surface area (Å²) < 4.78 is 26.2. The number of likely N-dealkylation sites (tertiary alicyclic amines) is 1. The maximum atomic E-state index is 13.5. The molecule has 1 heterocycles. The van der Waals surface area contributed by atoms with E-state index < -0.39 is 23.5 Å². The van der Waals surface area contributed by atoms with Crippen molar-refractivity contribution in [1.29, 1.82) is 0 Å². The molecule has 0 aliphatic carbocycles. The number of carboxylic acid groups (broad SMARTS) is 1. The van der Waals surface area contributed by atoms with E-state index in [-0.39, 0.29) is 5.92 Å². The Hall–Kier alpha value is -1.49. The molecule has 0 spiro atoms. The Kier molecular flexibility index (Phi) is 3.61. The minimum absolute atomic E-state index is 0.0472. The number of rotatable bonds is 3. The van der Waals surface area contributed by atoms with Gasteiger partial charge in [0.25, 0.3) is 0 Å². The van der Waals surface area contributed by atoms with Gasteiger partial charge in [-0.3, -0.25) is 9.69 Å². The van der Waals surface area contributed by atoms with Gasteiger partial charge in [-0.25, -0.2) is 8.78 Å². The third-order valence-electron chi connectivity index (χ3n) is 3.41. The standard InChI is InChI=1S/C13H15F2NO2/c1-8-5-16(7-11(8)13(17)18)6-9-2-3-10(14)4-12(9)15/h2-4,8,11H,5-7H2,1H3,(H,17,18)/t8-,11-/m1/s1. The molecule has 98 valence electrons. The summed E-state index contributed by atoms with van der Waals surface area (Å²) in [5.41, 5.74) is 0.398. The van der Waals surface area contributed by atoms with E-state index in [1.54, 1.807) is 0 Å². The maximum Gasteiger partial charge on any atom is 0.308 e. The van der Waals surface area contributed by atoms with Gasteiger partial charge in [-0.05, 0) is 12.0 Å². The second-order valence-electron chi connectivity index (χ2n) is 4.85. The van der Waals surface area contributed by atoms with Crippen molar-refractivity contribution in [3.8, 4) is 0 Å². The Labute approximate surface area is 104 Å². The minimum atomic E-state index is -0.815. The number of carboxylic acids is 1. The fourth-order valence-corrected chi connectivity index (χ4v) is 2.41. The van der Waals surface area contributed by atoms with Crippen LogP contribution in [0.2, 0.25) is 0 Å². The molecule has 1 aromatic rings. The SMILES string of the molecule is C[C@@H]1CN(Cc2ccc(F)cc2F)C[C@H]1C(=O)O. The third-order valence-corrected chi connectivity index (χ3v) is 3.41. The lowest BCUT2D eigenvalue weighted by molar-refractivity contribution is -0.142. The second-order valence-corrected chi connectivity index (χ2v) is 4.85. The number of aliphatic carboxylic acids is 1. The summed E-state index contributed by atoms with van der Waals surface area (Å²) in [6.07, 6.45) is 0. The molecule has 0 amide bonds. The monoisotopic (exact) mass is 255 g/mol. The van der Waals surface area contributed by atoms with Crippen molar-refractivity contribution in [2.75, 3.05) is 13.1 Å². The van der Waals surface area contributed by atoms with Crippen molar-refractivity contribution in [2.24, 2.45) is 11.8 Å². The number of hydrogen-bond acceptors (Lipinski definition) is 2. The summed E-state index contributed by atoms with van der Waals surface area (Å²) >= 11 is 0. The summed E-state index contributed by atoms with van der Waals surface area (Å²) in [4.78, 5) is 12.9. The molecular weight excluding hydrogens is 240 g/mol. The maximum absolute atomic E-state index is 13.5. The topological polar surface area (TPSA) is 40.5 Å². The molecule has 18 heavy (non-hydrogen) atoms. The first kappa shape index (κ1) is 13.0. The van der Waals surface area contributed by atoms with Crippen LogP contribution in [0.4, 0.5) is 8.78 Å². The van der Waals surface area contributed by atoms with Crippen molar-refractivity contribution in [3.63, 3.8) is 0 Å². The normalized spacial score (nSPS) is 24.4. The third kappa shape index (κ3) is 2.67. The van der Waals surface area contributed by atoms with Crippen LogP contribution in [0, 0.1) is 23.5 Å². The van der Waals surface area contributed by atoms with E-state index in [9.17, 15) is 13.6 Å². The van der Waals surface area contributed by atoms with Gasteiger partial charge < -0.3 is 5.11 Å². The number of carbonyl (C=O) groups is 1. The van der Waals surface area contributed by atoms with Crippen molar-refractivity contribution in [2.45, 2.75) is 13.5 Å². The molecule has 5 heteroatoms. The summed E-state index contributed by atoms with van der Waals surface area (Å²) in [6.45, 7) is 3.22. The average molecular weight is 255 g/mol. The highest BCUT2D eigenvalue weighted by Gasteiger charge is 2.34. The summed E-state index contributed by atoms with van der Waals surface area (Å²) in [7, 11) is 0. The zero-order chi connectivity index (χ0) is 13.3. The first-order chi connectivity index (χ1) is 8.47. The number of halogens is 2. The van der Waals surface area contributed by atoms with Crippen LogP contribution in [0.25, 0.3) is 0 Å².